The average molecular weight is 274 g/mol. The van der Waals surface area contributed by atoms with Gasteiger partial charge in [-0.25, -0.2) is 9.78 Å². The van der Waals surface area contributed by atoms with E-state index >= 15 is 0 Å². The molecule has 0 aliphatic carbocycles. The molecular formula is C14H18N4O2. The first-order valence-corrected chi connectivity index (χ1v) is 6.35. The fourth-order valence-electron chi connectivity index (χ4n) is 1.66. The van der Waals surface area contributed by atoms with Crippen molar-refractivity contribution in [3.8, 4) is 11.5 Å². The van der Waals surface area contributed by atoms with Crippen molar-refractivity contribution in [1.82, 2.24) is 20.6 Å². The second-order valence-corrected chi connectivity index (χ2v) is 5.39. The first-order valence-electron chi connectivity index (χ1n) is 6.35. The number of amides is 2. The Morgan fingerprint density at radius 3 is 2.70 bits per heavy atom. The quantitative estimate of drug-likeness (QED) is 0.900. The lowest BCUT2D eigenvalue weighted by Gasteiger charge is -2.20. The Morgan fingerprint density at radius 2 is 2.05 bits per heavy atom. The van der Waals surface area contributed by atoms with Crippen molar-refractivity contribution in [3.05, 3.63) is 36.5 Å². The van der Waals surface area contributed by atoms with Crippen molar-refractivity contribution in [3.63, 3.8) is 0 Å². The monoisotopic (exact) mass is 274 g/mol. The van der Waals surface area contributed by atoms with Gasteiger partial charge in [0, 0.05) is 17.9 Å². The van der Waals surface area contributed by atoms with Crippen molar-refractivity contribution < 1.29 is 9.21 Å². The molecule has 0 aliphatic heterocycles. The van der Waals surface area contributed by atoms with Crippen LogP contribution in [0.5, 0.6) is 0 Å². The Balaban J connectivity index is 2.06. The highest BCUT2D eigenvalue weighted by Gasteiger charge is 2.15. The summed E-state index contributed by atoms with van der Waals surface area (Å²) in [5.74, 6) is 0.631. The van der Waals surface area contributed by atoms with E-state index in [0.29, 0.717) is 17.1 Å². The molecule has 2 N–H and O–H groups in total. The summed E-state index contributed by atoms with van der Waals surface area (Å²) < 4.78 is 5.32. The van der Waals surface area contributed by atoms with Crippen LogP contribution >= 0.6 is 0 Å². The summed E-state index contributed by atoms with van der Waals surface area (Å²) in [6, 6.07) is 3.35. The number of nitrogens with one attached hydrogen (secondary N) is 2. The Hall–Kier alpha value is -2.37. The predicted octanol–water partition coefficient (Wildman–Crippen LogP) is 2.33. The molecule has 6 heteroatoms. The largest absolute Gasteiger partial charge is 0.463 e. The van der Waals surface area contributed by atoms with Gasteiger partial charge in [0.05, 0.1) is 18.5 Å². The van der Waals surface area contributed by atoms with Gasteiger partial charge in [-0.2, -0.15) is 0 Å². The fourth-order valence-corrected chi connectivity index (χ4v) is 1.66. The van der Waals surface area contributed by atoms with Gasteiger partial charge in [-0.15, -0.1) is 0 Å². The van der Waals surface area contributed by atoms with Crippen LogP contribution in [0.15, 0.2) is 35.2 Å². The molecule has 2 amide bonds. The molecule has 0 unspecified atom stereocenters. The minimum absolute atomic E-state index is 0.242. The average Bonchev–Trinajstić information content (AvgIpc) is 2.88. The molecular weight excluding hydrogens is 256 g/mol. The van der Waals surface area contributed by atoms with Gasteiger partial charge < -0.3 is 15.1 Å². The van der Waals surface area contributed by atoms with E-state index in [4.69, 9.17) is 4.42 Å². The molecule has 2 aromatic heterocycles. The summed E-state index contributed by atoms with van der Waals surface area (Å²) in [6.07, 6.45) is 4.76. The number of carbonyl (C=O) groups is 1. The van der Waals surface area contributed by atoms with Gasteiger partial charge in [0.1, 0.15) is 5.69 Å². The Morgan fingerprint density at radius 1 is 1.30 bits per heavy atom. The molecule has 2 aromatic rings. The summed E-state index contributed by atoms with van der Waals surface area (Å²) in [4.78, 5) is 20.2. The highest BCUT2D eigenvalue weighted by atomic mass is 16.3. The molecule has 20 heavy (non-hydrogen) atoms. The molecule has 0 fully saturated rings. The van der Waals surface area contributed by atoms with Crippen LogP contribution in [-0.4, -0.2) is 21.5 Å². The smallest absolute Gasteiger partial charge is 0.315 e. The zero-order valence-electron chi connectivity index (χ0n) is 11.8. The van der Waals surface area contributed by atoms with Gasteiger partial charge >= 0.3 is 6.03 Å². The SMILES string of the molecule is CC(C)(C)NC(=O)NCc1nccnc1-c1ccco1. The molecule has 2 heterocycles. The second kappa shape index (κ2) is 5.73. The van der Waals surface area contributed by atoms with Crippen molar-refractivity contribution >= 4 is 6.03 Å². The zero-order chi connectivity index (χ0) is 14.6. The van der Waals surface area contributed by atoms with Crippen LogP contribution in [0.2, 0.25) is 0 Å². The normalized spacial score (nSPS) is 11.2. The van der Waals surface area contributed by atoms with Gasteiger partial charge in [0.15, 0.2) is 5.76 Å². The first kappa shape index (κ1) is 14.0. The molecule has 0 aliphatic rings. The van der Waals surface area contributed by atoms with E-state index in [-0.39, 0.29) is 18.1 Å². The fraction of sp³-hybridized carbons (Fsp3) is 0.357. The molecule has 0 bridgehead atoms. The van der Waals surface area contributed by atoms with Crippen LogP contribution in [0.1, 0.15) is 26.5 Å². The van der Waals surface area contributed by atoms with Gasteiger partial charge in [-0.05, 0) is 32.9 Å². The Labute approximate surface area is 117 Å². The summed E-state index contributed by atoms with van der Waals surface area (Å²) >= 11 is 0. The number of aromatic nitrogens is 2. The molecule has 0 saturated heterocycles. The van der Waals surface area contributed by atoms with E-state index in [1.54, 1.807) is 24.7 Å². The zero-order valence-corrected chi connectivity index (χ0v) is 11.8. The number of nitrogens with zero attached hydrogens (tertiary/aromatic N) is 2. The Kier molecular flexibility index (Phi) is 4.02. The summed E-state index contributed by atoms with van der Waals surface area (Å²) in [6.45, 7) is 6.04. The van der Waals surface area contributed by atoms with Crippen LogP contribution < -0.4 is 10.6 Å². The second-order valence-electron chi connectivity index (χ2n) is 5.39. The van der Waals surface area contributed by atoms with Crippen molar-refractivity contribution in [1.29, 1.82) is 0 Å². The lowest BCUT2D eigenvalue weighted by Crippen LogP contribution is -2.46. The van der Waals surface area contributed by atoms with Crippen LogP contribution in [0.25, 0.3) is 11.5 Å². The number of urea groups is 1. The van der Waals surface area contributed by atoms with Gasteiger partial charge in [-0.1, -0.05) is 0 Å². The van der Waals surface area contributed by atoms with E-state index in [1.165, 1.54) is 0 Å². The van der Waals surface area contributed by atoms with Crippen molar-refractivity contribution in [2.24, 2.45) is 0 Å². The van der Waals surface area contributed by atoms with Gasteiger partial charge in [0.2, 0.25) is 0 Å². The third-order valence-corrected chi connectivity index (χ3v) is 2.43. The van der Waals surface area contributed by atoms with Crippen molar-refractivity contribution in [2.75, 3.05) is 0 Å². The number of carbonyl (C=O) groups excluding carboxylic acids is 1. The number of furan rings is 1. The van der Waals surface area contributed by atoms with Gasteiger partial charge in [-0.3, -0.25) is 4.98 Å². The molecule has 2 rings (SSSR count). The molecule has 0 saturated carbocycles. The lowest BCUT2D eigenvalue weighted by atomic mass is 10.1. The minimum atomic E-state index is -0.281. The van der Waals surface area contributed by atoms with Crippen molar-refractivity contribution in [2.45, 2.75) is 32.9 Å². The molecule has 106 valence electrons. The summed E-state index contributed by atoms with van der Waals surface area (Å²) in [7, 11) is 0. The highest BCUT2D eigenvalue weighted by Crippen LogP contribution is 2.19. The van der Waals surface area contributed by atoms with Crippen LogP contribution in [0.4, 0.5) is 4.79 Å². The maximum Gasteiger partial charge on any atom is 0.315 e. The number of hydrogen-bond acceptors (Lipinski definition) is 4. The van der Waals surface area contributed by atoms with E-state index in [9.17, 15) is 4.79 Å². The van der Waals surface area contributed by atoms with Crippen LogP contribution in [0.3, 0.4) is 0 Å². The standard InChI is InChI=1S/C14H18N4O2/c1-14(2,3)18-13(19)17-9-10-12(16-7-6-15-10)11-5-4-8-20-11/h4-8H,9H2,1-3H3,(H2,17,18,19). The van der Waals surface area contributed by atoms with Gasteiger partial charge in [0.25, 0.3) is 0 Å². The maximum atomic E-state index is 11.7. The van der Waals surface area contributed by atoms with E-state index < -0.39 is 0 Å². The molecule has 0 atom stereocenters. The molecule has 0 aromatic carbocycles. The minimum Gasteiger partial charge on any atom is -0.463 e. The first-order chi connectivity index (χ1) is 9.46. The third kappa shape index (κ3) is 3.81. The molecule has 0 radical (unpaired) electrons. The van der Waals surface area contributed by atoms with E-state index in [1.807, 2.05) is 26.8 Å². The van der Waals surface area contributed by atoms with Crippen LogP contribution in [0, 0.1) is 0 Å². The van der Waals surface area contributed by atoms with E-state index in [2.05, 4.69) is 20.6 Å². The summed E-state index contributed by atoms with van der Waals surface area (Å²) in [5.41, 5.74) is 1.01. The number of hydrogen-bond donors (Lipinski definition) is 2. The maximum absolute atomic E-state index is 11.7. The van der Waals surface area contributed by atoms with Crippen LogP contribution in [-0.2, 0) is 6.54 Å². The topological polar surface area (TPSA) is 80.0 Å². The Bertz CT molecular complexity index is 573. The highest BCUT2D eigenvalue weighted by molar-refractivity contribution is 5.74. The lowest BCUT2D eigenvalue weighted by molar-refractivity contribution is 0.231. The molecule has 0 spiro atoms. The third-order valence-electron chi connectivity index (χ3n) is 2.43. The molecule has 6 nitrogen and oxygen atoms in total. The number of rotatable bonds is 3. The summed E-state index contributed by atoms with van der Waals surface area (Å²) in [5, 5.41) is 5.59. The predicted molar refractivity (Wildman–Crippen MR) is 74.9 cm³/mol. The van der Waals surface area contributed by atoms with E-state index in [0.717, 1.165) is 0 Å².